The minimum absolute atomic E-state index is 0.0134. The molecule has 44 heavy (non-hydrogen) atoms. The Labute approximate surface area is 263 Å². The van der Waals surface area contributed by atoms with Crippen molar-refractivity contribution in [1.29, 1.82) is 0 Å². The minimum atomic E-state index is -1.02. The molecule has 9 nitrogen and oxygen atoms in total. The van der Waals surface area contributed by atoms with E-state index in [4.69, 9.17) is 14.2 Å². The molecule has 1 amide bonds. The average molecular weight is 618 g/mol. The lowest BCUT2D eigenvalue weighted by atomic mass is 9.84. The van der Waals surface area contributed by atoms with Crippen LogP contribution in [0.25, 0.3) is 0 Å². The van der Waals surface area contributed by atoms with E-state index in [1.165, 1.54) is 6.92 Å². The first kappa shape index (κ1) is 35.9. The van der Waals surface area contributed by atoms with Crippen LogP contribution in [-0.4, -0.2) is 71.3 Å². The minimum Gasteiger partial charge on any atom is -0.460 e. The summed E-state index contributed by atoms with van der Waals surface area (Å²) in [4.78, 5) is 68.6. The number of carbonyl (C=O) groups excluding carboxylic acids is 5. The fraction of sp³-hybridized carbons (Fsp3) is 0.800. The predicted molar refractivity (Wildman–Crippen MR) is 166 cm³/mol. The highest BCUT2D eigenvalue weighted by molar-refractivity contribution is 5.94. The van der Waals surface area contributed by atoms with E-state index in [9.17, 15) is 24.0 Å². The van der Waals surface area contributed by atoms with E-state index < -0.39 is 47.6 Å². The zero-order valence-electron chi connectivity index (χ0n) is 28.0. The molecule has 1 saturated carbocycles. The maximum absolute atomic E-state index is 14.3. The van der Waals surface area contributed by atoms with Crippen LogP contribution in [0.5, 0.6) is 0 Å². The van der Waals surface area contributed by atoms with Crippen LogP contribution in [0.2, 0.25) is 0 Å². The molecule has 0 aromatic rings. The van der Waals surface area contributed by atoms with Gasteiger partial charge in [0.1, 0.15) is 5.60 Å². The van der Waals surface area contributed by atoms with E-state index in [0.717, 1.165) is 32.1 Å². The molecular formula is C35H55NO8. The van der Waals surface area contributed by atoms with Gasteiger partial charge in [0.25, 0.3) is 0 Å². The van der Waals surface area contributed by atoms with Crippen molar-refractivity contribution in [2.24, 2.45) is 29.1 Å². The molecule has 2 heterocycles. The fourth-order valence-corrected chi connectivity index (χ4v) is 7.27. The number of allylic oxidation sites excluding steroid dienone is 1. The van der Waals surface area contributed by atoms with E-state index in [2.05, 4.69) is 20.4 Å². The summed E-state index contributed by atoms with van der Waals surface area (Å²) in [5.41, 5.74) is -0.803. The number of Topliss-reactive ketones (excluding diaryl/α,β-unsaturated/α-hetero) is 2. The van der Waals surface area contributed by atoms with Gasteiger partial charge in [-0.05, 0) is 64.2 Å². The molecule has 1 unspecified atom stereocenters. The lowest BCUT2D eigenvalue weighted by Gasteiger charge is -2.35. The van der Waals surface area contributed by atoms with Crippen molar-refractivity contribution >= 4 is 29.4 Å². The Morgan fingerprint density at radius 1 is 1.11 bits per heavy atom. The number of ketones is 2. The Bertz CT molecular complexity index is 1080. The van der Waals surface area contributed by atoms with Crippen LogP contribution in [0.15, 0.2) is 12.7 Å². The zero-order valence-corrected chi connectivity index (χ0v) is 28.0. The summed E-state index contributed by atoms with van der Waals surface area (Å²) in [5, 5.41) is 0. The third-order valence-electron chi connectivity index (χ3n) is 9.71. The topological polar surface area (TPSA) is 116 Å². The monoisotopic (exact) mass is 617 g/mol. The van der Waals surface area contributed by atoms with Gasteiger partial charge in [0.05, 0.1) is 24.5 Å². The summed E-state index contributed by atoms with van der Waals surface area (Å²) < 4.78 is 17.3. The number of fused-ring (bicyclic) bond motifs is 3. The number of nitrogens with zero attached hydrogens (tertiary/aromatic N) is 1. The van der Waals surface area contributed by atoms with Crippen LogP contribution in [0.1, 0.15) is 113 Å². The van der Waals surface area contributed by atoms with Crippen LogP contribution in [0.4, 0.5) is 0 Å². The highest BCUT2D eigenvalue weighted by Crippen LogP contribution is 2.65. The van der Waals surface area contributed by atoms with Crippen molar-refractivity contribution in [3.63, 3.8) is 0 Å². The van der Waals surface area contributed by atoms with Crippen LogP contribution in [0, 0.1) is 29.1 Å². The lowest BCUT2D eigenvalue weighted by molar-refractivity contribution is -0.162. The van der Waals surface area contributed by atoms with Gasteiger partial charge in [-0.25, -0.2) is 0 Å². The highest BCUT2D eigenvalue weighted by atomic mass is 16.6. The molecule has 248 valence electrons. The van der Waals surface area contributed by atoms with Crippen molar-refractivity contribution < 1.29 is 38.2 Å². The number of amides is 1. The molecule has 0 aromatic carbocycles. The molecule has 0 N–H and O–H groups in total. The molecule has 0 aromatic heterocycles. The van der Waals surface area contributed by atoms with Gasteiger partial charge in [-0.3, -0.25) is 24.0 Å². The number of carbonyl (C=O) groups is 5. The van der Waals surface area contributed by atoms with Crippen molar-refractivity contribution in [3.05, 3.63) is 12.7 Å². The fourth-order valence-electron chi connectivity index (χ4n) is 7.27. The van der Waals surface area contributed by atoms with Crippen molar-refractivity contribution in [2.45, 2.75) is 137 Å². The quantitative estimate of drug-likeness (QED) is 0.255. The van der Waals surface area contributed by atoms with E-state index in [1.807, 2.05) is 6.92 Å². The Balaban J connectivity index is 1.96. The predicted octanol–water partition coefficient (Wildman–Crippen LogP) is 5.62. The normalized spacial score (nSPS) is 30.5. The van der Waals surface area contributed by atoms with Gasteiger partial charge >= 0.3 is 11.9 Å². The number of hydrogen-bond donors (Lipinski definition) is 0. The lowest BCUT2D eigenvalue weighted by Crippen LogP contribution is -2.51. The van der Waals surface area contributed by atoms with Crippen LogP contribution in [-0.2, 0) is 38.2 Å². The third-order valence-corrected chi connectivity index (χ3v) is 9.71. The maximum atomic E-state index is 14.3. The summed E-state index contributed by atoms with van der Waals surface area (Å²) in [5.74, 6) is -2.75. The standard InChI is InChI=1S/C35H55NO8/c1-9-10-17-27(38)32(43-23(3)37)24-16-14-12-11-13-15-18-42-22(2)25(20-29(40)44-34(4,5)6)33(41)36-21-26-30(35(26,7)8)31(36)28(39)19-24/h9,22,24-26,30-32H,1,10-21H2,2-8H3/t22-,24+,25-,26-,30-,31+,32?/m0/s1. The SMILES string of the molecule is C=CCCC(=O)C(OC(C)=O)[C@@H]1CCCCCCCO[C@@H](C)[C@H](CC(=O)OC(C)(C)C)C(=O)N2C[C@H]3[C@@H]([C@H]2C(=O)C1)C3(C)C. The summed E-state index contributed by atoms with van der Waals surface area (Å²) in [6.07, 6.45) is 5.63. The molecule has 0 radical (unpaired) electrons. The second-order valence-electron chi connectivity index (χ2n) is 14.7. The van der Waals surface area contributed by atoms with Gasteiger partial charge < -0.3 is 19.1 Å². The molecule has 2 saturated heterocycles. The third kappa shape index (κ3) is 9.24. The van der Waals surface area contributed by atoms with Gasteiger partial charge in [-0.1, -0.05) is 45.6 Å². The van der Waals surface area contributed by atoms with E-state index in [0.29, 0.717) is 26.0 Å². The van der Waals surface area contributed by atoms with Gasteiger partial charge in [0.15, 0.2) is 17.7 Å². The number of rotatable bonds is 8. The number of hydrogen-bond acceptors (Lipinski definition) is 8. The smallest absolute Gasteiger partial charge is 0.307 e. The Kier molecular flexibility index (Phi) is 12.4. The molecule has 0 bridgehead atoms. The molecule has 2 aliphatic heterocycles. The molecule has 3 rings (SSSR count). The first-order chi connectivity index (χ1) is 20.6. The molecule has 7 atom stereocenters. The summed E-state index contributed by atoms with van der Waals surface area (Å²) in [6, 6.07) is -0.674. The van der Waals surface area contributed by atoms with Gasteiger partial charge in [-0.15, -0.1) is 6.58 Å². The second-order valence-corrected chi connectivity index (χ2v) is 14.7. The molecule has 1 aliphatic carbocycles. The maximum Gasteiger partial charge on any atom is 0.307 e. The van der Waals surface area contributed by atoms with Gasteiger partial charge in [-0.2, -0.15) is 0 Å². The first-order valence-corrected chi connectivity index (χ1v) is 16.6. The number of esters is 2. The zero-order chi connectivity index (χ0) is 32.8. The summed E-state index contributed by atoms with van der Waals surface area (Å²) in [7, 11) is 0. The van der Waals surface area contributed by atoms with Gasteiger partial charge in [0, 0.05) is 38.8 Å². The van der Waals surface area contributed by atoms with Crippen molar-refractivity contribution in [3.8, 4) is 0 Å². The second kappa shape index (κ2) is 15.2. The van der Waals surface area contributed by atoms with Crippen molar-refractivity contribution in [1.82, 2.24) is 4.90 Å². The number of piperidine rings is 1. The van der Waals surface area contributed by atoms with Crippen molar-refractivity contribution in [2.75, 3.05) is 13.2 Å². The molecule has 3 aliphatic rings. The average Bonchev–Trinajstić information content (AvgIpc) is 3.24. The molecule has 9 heteroatoms. The molecule has 3 fully saturated rings. The van der Waals surface area contributed by atoms with Gasteiger partial charge in [0.2, 0.25) is 5.91 Å². The van der Waals surface area contributed by atoms with E-state index >= 15 is 0 Å². The van der Waals surface area contributed by atoms with Crippen LogP contribution >= 0.6 is 0 Å². The highest BCUT2D eigenvalue weighted by Gasteiger charge is 2.69. The first-order valence-electron chi connectivity index (χ1n) is 16.6. The van der Waals surface area contributed by atoms with Crippen LogP contribution in [0.3, 0.4) is 0 Å². The molecule has 0 spiro atoms. The summed E-state index contributed by atoms with van der Waals surface area (Å²) in [6.45, 7) is 17.3. The Morgan fingerprint density at radius 2 is 1.77 bits per heavy atom. The van der Waals surface area contributed by atoms with E-state index in [1.54, 1.807) is 31.7 Å². The van der Waals surface area contributed by atoms with E-state index in [-0.39, 0.29) is 54.0 Å². The number of ether oxygens (including phenoxy) is 3. The largest absolute Gasteiger partial charge is 0.460 e. The molecular weight excluding hydrogens is 562 g/mol. The Morgan fingerprint density at radius 3 is 2.41 bits per heavy atom. The summed E-state index contributed by atoms with van der Waals surface area (Å²) >= 11 is 0. The Hall–Kier alpha value is -2.55. The van der Waals surface area contributed by atoms with Crippen LogP contribution < -0.4 is 0 Å².